The Morgan fingerprint density at radius 1 is 1.00 bits per heavy atom. The molecule has 4 nitrogen and oxygen atoms in total. The van der Waals surface area contributed by atoms with Gasteiger partial charge in [0, 0.05) is 17.4 Å². The van der Waals surface area contributed by atoms with Gasteiger partial charge in [-0.2, -0.15) is 0 Å². The van der Waals surface area contributed by atoms with Gasteiger partial charge in [0.2, 0.25) is 0 Å². The fourth-order valence-electron chi connectivity index (χ4n) is 7.12. The topological polar surface area (TPSA) is 37.3 Å². The van der Waals surface area contributed by atoms with Crippen LogP contribution in [-0.2, 0) is 6.54 Å². The Balaban J connectivity index is 1.32. The van der Waals surface area contributed by atoms with Gasteiger partial charge in [0.15, 0.2) is 0 Å². The Morgan fingerprint density at radius 2 is 1.68 bits per heavy atom. The monoisotopic (exact) mass is 375 g/mol. The molecule has 2 amide bonds. The Labute approximate surface area is 166 Å². The quantitative estimate of drug-likeness (QED) is 0.745. The molecule has 146 valence electrons. The molecule has 0 radical (unpaired) electrons. The second-order valence-electron chi connectivity index (χ2n) is 9.86. The minimum Gasteiger partial charge on any atom is -0.332 e. The largest absolute Gasteiger partial charge is 0.332 e. The van der Waals surface area contributed by atoms with Gasteiger partial charge in [-0.25, -0.2) is 4.79 Å². The summed E-state index contributed by atoms with van der Waals surface area (Å²) >= 11 is 0. The van der Waals surface area contributed by atoms with E-state index >= 15 is 0 Å². The molecule has 0 saturated heterocycles. The molecule has 1 N–H and O–H groups in total. The lowest BCUT2D eigenvalue weighted by molar-refractivity contribution is -0.0165. The van der Waals surface area contributed by atoms with Crippen molar-refractivity contribution in [1.82, 2.24) is 14.8 Å². The van der Waals surface area contributed by atoms with Crippen molar-refractivity contribution in [3.63, 3.8) is 0 Å². The second kappa shape index (κ2) is 5.88. The average molecular weight is 376 g/mol. The minimum atomic E-state index is 0.0521. The highest BCUT2D eigenvalue weighted by Crippen LogP contribution is 2.55. The second-order valence-corrected chi connectivity index (χ2v) is 9.86. The summed E-state index contributed by atoms with van der Waals surface area (Å²) in [6.45, 7) is 2.83. The Hall–Kier alpha value is -2.23. The zero-order valence-corrected chi connectivity index (χ0v) is 16.6. The molecule has 7 rings (SSSR count). The highest BCUT2D eigenvalue weighted by molar-refractivity contribution is 5.76. The number of benzene rings is 1. The van der Waals surface area contributed by atoms with Crippen molar-refractivity contribution in [2.45, 2.75) is 63.6 Å². The molecule has 1 aliphatic heterocycles. The molecule has 4 heteroatoms. The minimum absolute atomic E-state index is 0.0521. The first-order valence-electron chi connectivity index (χ1n) is 10.9. The number of hydrogen-bond acceptors (Lipinski definition) is 1. The molecule has 0 spiro atoms. The van der Waals surface area contributed by atoms with E-state index < -0.39 is 0 Å². The lowest BCUT2D eigenvalue weighted by Crippen LogP contribution is -2.61. The van der Waals surface area contributed by atoms with E-state index in [-0.39, 0.29) is 17.6 Å². The molecule has 1 aromatic heterocycles. The Kier molecular flexibility index (Phi) is 3.51. The van der Waals surface area contributed by atoms with Gasteiger partial charge in [-0.1, -0.05) is 18.2 Å². The zero-order valence-electron chi connectivity index (χ0n) is 16.6. The third-order valence-electron chi connectivity index (χ3n) is 7.94. The highest BCUT2D eigenvalue weighted by atomic mass is 16.2. The number of hydrogen-bond donors (Lipinski definition) is 1. The highest BCUT2D eigenvalue weighted by Gasteiger charge is 2.52. The lowest BCUT2D eigenvalue weighted by Gasteiger charge is -2.57. The Bertz CT molecular complexity index is 894. The molecular formula is C24H29N3O. The van der Waals surface area contributed by atoms with E-state index in [1.54, 1.807) is 0 Å². The molecule has 2 heterocycles. The van der Waals surface area contributed by atoms with Crippen molar-refractivity contribution in [3.8, 4) is 5.69 Å². The molecular weight excluding hydrogens is 346 g/mol. The van der Waals surface area contributed by atoms with Crippen molar-refractivity contribution in [3.05, 3.63) is 53.9 Å². The van der Waals surface area contributed by atoms with Crippen molar-refractivity contribution < 1.29 is 4.79 Å². The number of urea groups is 1. The number of aromatic nitrogens is 1. The number of rotatable bonds is 1. The average Bonchev–Trinajstić information content (AvgIpc) is 3.10. The van der Waals surface area contributed by atoms with Gasteiger partial charge in [0.1, 0.15) is 0 Å². The first-order valence-corrected chi connectivity index (χ1v) is 10.9. The van der Waals surface area contributed by atoms with Crippen LogP contribution in [0.4, 0.5) is 4.79 Å². The number of carbonyl (C=O) groups excluding carboxylic acids is 1. The molecule has 4 bridgehead atoms. The lowest BCUT2D eigenvalue weighted by atomic mass is 9.53. The summed E-state index contributed by atoms with van der Waals surface area (Å²) in [4.78, 5) is 15.6. The van der Waals surface area contributed by atoms with Crippen molar-refractivity contribution in [1.29, 1.82) is 0 Å². The SMILES string of the molecule is C[C@H]1c2cccn2-c2ccccc2CN1C(=O)NC12CC3CC(CC(C3)C1)C2. The number of nitrogens with one attached hydrogen (secondary N) is 1. The first kappa shape index (κ1) is 16.7. The van der Waals surface area contributed by atoms with E-state index in [2.05, 4.69) is 64.3 Å². The number of nitrogens with zero attached hydrogens (tertiary/aromatic N) is 2. The summed E-state index contributed by atoms with van der Waals surface area (Å²) in [5, 5.41) is 3.58. The van der Waals surface area contributed by atoms with E-state index in [1.807, 2.05) is 0 Å². The van der Waals surface area contributed by atoms with Crippen LogP contribution in [0.1, 0.15) is 62.7 Å². The maximum absolute atomic E-state index is 13.6. The fraction of sp³-hybridized carbons (Fsp3) is 0.542. The molecule has 2 aromatic rings. The van der Waals surface area contributed by atoms with E-state index in [0.29, 0.717) is 6.54 Å². The van der Waals surface area contributed by atoms with Crippen LogP contribution in [0, 0.1) is 17.8 Å². The van der Waals surface area contributed by atoms with E-state index in [1.165, 1.54) is 55.5 Å². The van der Waals surface area contributed by atoms with E-state index in [4.69, 9.17) is 0 Å². The summed E-state index contributed by atoms with van der Waals surface area (Å²) < 4.78 is 2.25. The first-order chi connectivity index (χ1) is 13.6. The normalized spacial score (nSPS) is 35.2. The van der Waals surface area contributed by atoms with Gasteiger partial charge in [-0.3, -0.25) is 0 Å². The molecule has 0 unspecified atom stereocenters. The van der Waals surface area contributed by atoms with Gasteiger partial charge in [-0.15, -0.1) is 0 Å². The number of amides is 2. The van der Waals surface area contributed by atoms with Gasteiger partial charge >= 0.3 is 6.03 Å². The number of para-hydroxylation sites is 1. The van der Waals surface area contributed by atoms with Crippen molar-refractivity contribution >= 4 is 6.03 Å². The van der Waals surface area contributed by atoms with Crippen LogP contribution in [0.25, 0.3) is 5.69 Å². The smallest absolute Gasteiger partial charge is 0.318 e. The number of fused-ring (bicyclic) bond motifs is 3. The fourth-order valence-corrected chi connectivity index (χ4v) is 7.12. The maximum Gasteiger partial charge on any atom is 0.318 e. The van der Waals surface area contributed by atoms with E-state index in [0.717, 1.165) is 17.8 Å². The van der Waals surface area contributed by atoms with Crippen LogP contribution in [0.5, 0.6) is 0 Å². The number of carbonyl (C=O) groups is 1. The van der Waals surface area contributed by atoms with Gasteiger partial charge < -0.3 is 14.8 Å². The van der Waals surface area contributed by atoms with Crippen LogP contribution in [0.3, 0.4) is 0 Å². The van der Waals surface area contributed by atoms with Gasteiger partial charge in [0.25, 0.3) is 0 Å². The zero-order chi connectivity index (χ0) is 18.9. The van der Waals surface area contributed by atoms with Crippen LogP contribution in [-0.4, -0.2) is 21.0 Å². The molecule has 1 atom stereocenters. The molecule has 1 aromatic carbocycles. The molecule has 28 heavy (non-hydrogen) atoms. The van der Waals surface area contributed by atoms with Crippen LogP contribution >= 0.6 is 0 Å². The molecule has 5 aliphatic rings. The predicted octanol–water partition coefficient (Wildman–Crippen LogP) is 5.03. The third-order valence-corrected chi connectivity index (χ3v) is 7.94. The maximum atomic E-state index is 13.6. The molecule has 4 saturated carbocycles. The van der Waals surface area contributed by atoms with Crippen molar-refractivity contribution in [2.24, 2.45) is 17.8 Å². The van der Waals surface area contributed by atoms with E-state index in [9.17, 15) is 4.79 Å². The molecule has 4 aliphatic carbocycles. The summed E-state index contributed by atoms with van der Waals surface area (Å²) in [6.07, 6.45) is 9.90. The third kappa shape index (κ3) is 2.46. The summed E-state index contributed by atoms with van der Waals surface area (Å²) in [5.74, 6) is 2.52. The van der Waals surface area contributed by atoms with Crippen LogP contribution < -0.4 is 5.32 Å². The van der Waals surface area contributed by atoms with Crippen LogP contribution in [0.2, 0.25) is 0 Å². The predicted molar refractivity (Wildman–Crippen MR) is 109 cm³/mol. The molecule has 4 fully saturated rings. The van der Waals surface area contributed by atoms with Gasteiger partial charge in [0.05, 0.1) is 18.3 Å². The van der Waals surface area contributed by atoms with Crippen LogP contribution in [0.15, 0.2) is 42.6 Å². The van der Waals surface area contributed by atoms with Crippen molar-refractivity contribution in [2.75, 3.05) is 0 Å². The summed E-state index contributed by atoms with van der Waals surface area (Å²) in [6, 6.07) is 12.9. The standard InChI is InChI=1S/C24H29N3O/c1-16-21-7-4-8-26(21)22-6-3-2-5-20(22)15-27(16)23(28)25-24-12-17-9-18(13-24)11-19(10-17)14-24/h2-8,16-19H,9-15H2,1H3,(H,25,28)/t16-,17?,18?,19?,24?/m0/s1. The summed E-state index contributed by atoms with van der Waals surface area (Å²) in [5.41, 5.74) is 3.65. The Morgan fingerprint density at radius 3 is 2.39 bits per heavy atom. The van der Waals surface area contributed by atoms with Gasteiger partial charge in [-0.05, 0) is 87.0 Å². The summed E-state index contributed by atoms with van der Waals surface area (Å²) in [7, 11) is 0.